The standard InChI is InChI=1S/C13H24O2/c1-4-9-15-13(14)12-7-5-11(6-8-12)10(2)3/h10-12H,4-9H2,1-3H3. The van der Waals surface area contributed by atoms with E-state index in [1.54, 1.807) is 0 Å². The van der Waals surface area contributed by atoms with Crippen LogP contribution >= 0.6 is 0 Å². The zero-order valence-electron chi connectivity index (χ0n) is 10.3. The molecule has 0 saturated heterocycles. The molecular weight excluding hydrogens is 188 g/mol. The second-order valence-electron chi connectivity index (χ2n) is 5.02. The van der Waals surface area contributed by atoms with Gasteiger partial charge in [-0.15, -0.1) is 0 Å². The largest absolute Gasteiger partial charge is 0.465 e. The van der Waals surface area contributed by atoms with Crippen molar-refractivity contribution in [3.05, 3.63) is 0 Å². The minimum Gasteiger partial charge on any atom is -0.465 e. The highest BCUT2D eigenvalue weighted by Gasteiger charge is 2.28. The Labute approximate surface area is 93.4 Å². The van der Waals surface area contributed by atoms with Gasteiger partial charge in [0.1, 0.15) is 0 Å². The molecule has 0 aromatic rings. The molecule has 0 aliphatic heterocycles. The molecule has 0 N–H and O–H groups in total. The number of rotatable bonds is 4. The fraction of sp³-hybridized carbons (Fsp3) is 0.923. The molecule has 2 heteroatoms. The van der Waals surface area contributed by atoms with Gasteiger partial charge in [0.15, 0.2) is 0 Å². The van der Waals surface area contributed by atoms with E-state index in [-0.39, 0.29) is 11.9 Å². The van der Waals surface area contributed by atoms with Crippen molar-refractivity contribution in [2.75, 3.05) is 6.61 Å². The molecule has 0 bridgehead atoms. The first-order chi connectivity index (χ1) is 7.15. The zero-order chi connectivity index (χ0) is 11.3. The number of hydrogen-bond donors (Lipinski definition) is 0. The van der Waals surface area contributed by atoms with E-state index in [1.165, 1.54) is 12.8 Å². The van der Waals surface area contributed by atoms with Crippen molar-refractivity contribution in [1.82, 2.24) is 0 Å². The lowest BCUT2D eigenvalue weighted by molar-refractivity contribution is -0.150. The minimum absolute atomic E-state index is 0.0408. The van der Waals surface area contributed by atoms with E-state index < -0.39 is 0 Å². The molecule has 0 unspecified atom stereocenters. The number of ether oxygens (including phenoxy) is 1. The molecule has 0 amide bonds. The van der Waals surface area contributed by atoms with Gasteiger partial charge in [0, 0.05) is 0 Å². The number of carbonyl (C=O) groups is 1. The van der Waals surface area contributed by atoms with Crippen molar-refractivity contribution in [1.29, 1.82) is 0 Å². The van der Waals surface area contributed by atoms with Crippen LogP contribution in [0, 0.1) is 17.8 Å². The molecule has 0 aromatic heterocycles. The summed E-state index contributed by atoms with van der Waals surface area (Å²) in [5.74, 6) is 1.81. The number of hydrogen-bond acceptors (Lipinski definition) is 2. The van der Waals surface area contributed by atoms with Gasteiger partial charge in [-0.25, -0.2) is 0 Å². The second-order valence-corrected chi connectivity index (χ2v) is 5.02. The first-order valence-corrected chi connectivity index (χ1v) is 6.31. The number of carbonyl (C=O) groups excluding carboxylic acids is 1. The summed E-state index contributed by atoms with van der Waals surface area (Å²) in [6.07, 6.45) is 5.39. The monoisotopic (exact) mass is 212 g/mol. The van der Waals surface area contributed by atoms with E-state index in [4.69, 9.17) is 4.74 Å². The molecule has 2 nitrogen and oxygen atoms in total. The van der Waals surface area contributed by atoms with Crippen LogP contribution in [0.3, 0.4) is 0 Å². The van der Waals surface area contributed by atoms with Gasteiger partial charge in [-0.3, -0.25) is 4.79 Å². The van der Waals surface area contributed by atoms with Crippen LogP contribution in [0.1, 0.15) is 52.9 Å². The van der Waals surface area contributed by atoms with Gasteiger partial charge in [0.05, 0.1) is 12.5 Å². The molecule has 1 aliphatic carbocycles. The average Bonchev–Trinajstić information content (AvgIpc) is 2.26. The maximum atomic E-state index is 11.6. The Morgan fingerprint density at radius 1 is 1.27 bits per heavy atom. The van der Waals surface area contributed by atoms with Crippen LogP contribution in [0.15, 0.2) is 0 Å². The van der Waals surface area contributed by atoms with Crippen LogP contribution < -0.4 is 0 Å². The molecule has 0 heterocycles. The molecule has 0 spiro atoms. The molecule has 0 aromatic carbocycles. The van der Waals surface area contributed by atoms with Gasteiger partial charge in [-0.05, 0) is 43.9 Å². The first-order valence-electron chi connectivity index (χ1n) is 6.31. The van der Waals surface area contributed by atoms with Gasteiger partial charge >= 0.3 is 5.97 Å². The fourth-order valence-electron chi connectivity index (χ4n) is 2.34. The van der Waals surface area contributed by atoms with E-state index >= 15 is 0 Å². The quantitative estimate of drug-likeness (QED) is 0.668. The third-order valence-corrected chi connectivity index (χ3v) is 3.50. The average molecular weight is 212 g/mol. The van der Waals surface area contributed by atoms with Crippen molar-refractivity contribution >= 4 is 5.97 Å². The summed E-state index contributed by atoms with van der Waals surface area (Å²) in [7, 11) is 0. The Balaban J connectivity index is 2.27. The summed E-state index contributed by atoms with van der Waals surface area (Å²) in [6.45, 7) is 7.17. The predicted molar refractivity (Wildman–Crippen MR) is 61.5 cm³/mol. The fourth-order valence-corrected chi connectivity index (χ4v) is 2.34. The minimum atomic E-state index is 0.0408. The van der Waals surface area contributed by atoms with E-state index in [2.05, 4.69) is 13.8 Å². The molecule has 1 rings (SSSR count). The molecule has 1 aliphatic rings. The van der Waals surface area contributed by atoms with Crippen molar-refractivity contribution in [2.24, 2.45) is 17.8 Å². The second kappa shape index (κ2) is 6.14. The van der Waals surface area contributed by atoms with E-state index in [0.29, 0.717) is 6.61 Å². The topological polar surface area (TPSA) is 26.3 Å². The summed E-state index contributed by atoms with van der Waals surface area (Å²) in [6, 6.07) is 0. The van der Waals surface area contributed by atoms with Crippen LogP contribution in [0.25, 0.3) is 0 Å². The highest BCUT2D eigenvalue weighted by molar-refractivity contribution is 5.72. The summed E-state index contributed by atoms with van der Waals surface area (Å²) < 4.78 is 5.19. The lowest BCUT2D eigenvalue weighted by Gasteiger charge is -2.29. The Morgan fingerprint density at radius 3 is 2.33 bits per heavy atom. The van der Waals surface area contributed by atoms with E-state index in [1.807, 2.05) is 6.92 Å². The first kappa shape index (κ1) is 12.5. The highest BCUT2D eigenvalue weighted by Crippen LogP contribution is 2.33. The maximum absolute atomic E-state index is 11.6. The normalized spacial score (nSPS) is 26.7. The van der Waals surface area contributed by atoms with Crippen molar-refractivity contribution in [2.45, 2.75) is 52.9 Å². The van der Waals surface area contributed by atoms with Gasteiger partial charge in [0.2, 0.25) is 0 Å². The molecule has 88 valence electrons. The summed E-state index contributed by atoms with van der Waals surface area (Å²) in [5, 5.41) is 0. The van der Waals surface area contributed by atoms with E-state index in [0.717, 1.165) is 31.1 Å². The third kappa shape index (κ3) is 3.84. The predicted octanol–water partition coefficient (Wildman–Crippen LogP) is 3.40. The smallest absolute Gasteiger partial charge is 0.308 e. The lowest BCUT2D eigenvalue weighted by atomic mass is 9.77. The van der Waals surface area contributed by atoms with E-state index in [9.17, 15) is 4.79 Å². The number of esters is 1. The van der Waals surface area contributed by atoms with Crippen LogP contribution in [0.5, 0.6) is 0 Å². The van der Waals surface area contributed by atoms with Crippen molar-refractivity contribution in [3.8, 4) is 0 Å². The zero-order valence-corrected chi connectivity index (χ0v) is 10.3. The molecule has 1 fully saturated rings. The molecule has 0 radical (unpaired) electrons. The van der Waals surface area contributed by atoms with Crippen LogP contribution in [-0.4, -0.2) is 12.6 Å². The van der Waals surface area contributed by atoms with Gasteiger partial charge in [0.25, 0.3) is 0 Å². The Bertz CT molecular complexity index is 191. The summed E-state index contributed by atoms with van der Waals surface area (Å²) in [4.78, 5) is 11.6. The Hall–Kier alpha value is -0.530. The van der Waals surface area contributed by atoms with Crippen LogP contribution in [0.4, 0.5) is 0 Å². The van der Waals surface area contributed by atoms with Crippen LogP contribution in [-0.2, 0) is 9.53 Å². The third-order valence-electron chi connectivity index (χ3n) is 3.50. The van der Waals surface area contributed by atoms with Gasteiger partial charge in [-0.2, -0.15) is 0 Å². The lowest BCUT2D eigenvalue weighted by Crippen LogP contribution is -2.25. The highest BCUT2D eigenvalue weighted by atomic mass is 16.5. The molecule has 1 saturated carbocycles. The van der Waals surface area contributed by atoms with Crippen LogP contribution in [0.2, 0.25) is 0 Å². The maximum Gasteiger partial charge on any atom is 0.308 e. The van der Waals surface area contributed by atoms with Gasteiger partial charge < -0.3 is 4.74 Å². The Morgan fingerprint density at radius 2 is 1.87 bits per heavy atom. The molecule has 0 atom stereocenters. The molecule has 15 heavy (non-hydrogen) atoms. The SMILES string of the molecule is CCCOC(=O)C1CCC(C(C)C)CC1. The van der Waals surface area contributed by atoms with Crippen molar-refractivity contribution < 1.29 is 9.53 Å². The Kier molecular flexibility index (Phi) is 5.13. The molecular formula is C13H24O2. The van der Waals surface area contributed by atoms with Gasteiger partial charge in [-0.1, -0.05) is 20.8 Å². The summed E-state index contributed by atoms with van der Waals surface area (Å²) in [5.41, 5.74) is 0. The van der Waals surface area contributed by atoms with Crippen molar-refractivity contribution in [3.63, 3.8) is 0 Å². The summed E-state index contributed by atoms with van der Waals surface area (Å²) >= 11 is 0.